The van der Waals surface area contributed by atoms with E-state index in [0.29, 0.717) is 0 Å². The highest BCUT2D eigenvalue weighted by Gasteiger charge is 2.30. The summed E-state index contributed by atoms with van der Waals surface area (Å²) in [4.78, 5) is 10.2. The van der Waals surface area contributed by atoms with Crippen LogP contribution in [0.15, 0.2) is 158 Å². The minimum Gasteiger partial charge on any atom is -0.254 e. The van der Waals surface area contributed by atoms with Gasteiger partial charge >= 0.3 is 0 Å². The Balaban J connectivity index is 1.40. The molecule has 212 valence electrons. The van der Waals surface area contributed by atoms with Crippen LogP contribution in [0.1, 0.15) is 0 Å². The number of benzene rings is 7. The standard InChI is InChI=1S/C44H26N2/c1-2-11-29(12-3-1)40-37(38-24-23-31-22-21-30-16-9-25-45-43(30)44(31)46-38)26-36(33-18-6-13-27-10-4-5-17-32(27)33)41-34-19-7-14-28-15-8-20-35(39(28)34)42(40)41/h1-26H. The van der Waals surface area contributed by atoms with E-state index in [1.54, 1.807) is 0 Å². The molecule has 0 saturated heterocycles. The van der Waals surface area contributed by atoms with Gasteiger partial charge in [0.25, 0.3) is 0 Å². The van der Waals surface area contributed by atoms with Crippen LogP contribution in [0.5, 0.6) is 0 Å². The van der Waals surface area contributed by atoms with Crippen molar-refractivity contribution in [3.05, 3.63) is 158 Å². The third-order valence-electron chi connectivity index (χ3n) is 9.62. The first-order chi connectivity index (χ1) is 22.8. The van der Waals surface area contributed by atoms with E-state index < -0.39 is 0 Å². The second kappa shape index (κ2) is 9.69. The summed E-state index contributed by atoms with van der Waals surface area (Å²) >= 11 is 0. The van der Waals surface area contributed by atoms with E-state index in [4.69, 9.17) is 9.97 Å². The van der Waals surface area contributed by atoms with Gasteiger partial charge in [0.15, 0.2) is 0 Å². The minimum absolute atomic E-state index is 0.923. The maximum atomic E-state index is 5.42. The van der Waals surface area contributed by atoms with E-state index in [0.717, 1.165) is 33.1 Å². The molecule has 1 aliphatic carbocycles. The van der Waals surface area contributed by atoms with Gasteiger partial charge in [0, 0.05) is 22.5 Å². The fourth-order valence-corrected chi connectivity index (χ4v) is 7.64. The molecule has 0 unspecified atom stereocenters. The van der Waals surface area contributed by atoms with E-state index in [9.17, 15) is 0 Å². The maximum Gasteiger partial charge on any atom is 0.0972 e. The zero-order valence-electron chi connectivity index (χ0n) is 24.9. The number of rotatable bonds is 3. The van der Waals surface area contributed by atoms with Crippen LogP contribution in [0.3, 0.4) is 0 Å². The van der Waals surface area contributed by atoms with Crippen molar-refractivity contribution >= 4 is 43.4 Å². The van der Waals surface area contributed by atoms with Gasteiger partial charge in [0.05, 0.1) is 16.7 Å². The monoisotopic (exact) mass is 582 g/mol. The van der Waals surface area contributed by atoms with E-state index >= 15 is 0 Å². The molecule has 0 amide bonds. The van der Waals surface area contributed by atoms with Crippen LogP contribution in [-0.4, -0.2) is 9.97 Å². The van der Waals surface area contributed by atoms with Gasteiger partial charge in [0.2, 0.25) is 0 Å². The van der Waals surface area contributed by atoms with Gasteiger partial charge in [-0.25, -0.2) is 4.98 Å². The summed E-state index contributed by atoms with van der Waals surface area (Å²) in [6.07, 6.45) is 1.86. The molecule has 2 aromatic heterocycles. The Morgan fingerprint density at radius 1 is 0.370 bits per heavy atom. The smallest absolute Gasteiger partial charge is 0.0972 e. The van der Waals surface area contributed by atoms with Gasteiger partial charge in [-0.3, -0.25) is 4.98 Å². The van der Waals surface area contributed by atoms with Crippen LogP contribution in [0.4, 0.5) is 0 Å². The molecule has 0 atom stereocenters. The summed E-state index contributed by atoms with van der Waals surface area (Å²) in [7, 11) is 0. The van der Waals surface area contributed by atoms with E-state index in [2.05, 4.69) is 146 Å². The third kappa shape index (κ3) is 3.59. The topological polar surface area (TPSA) is 25.8 Å². The predicted octanol–water partition coefficient (Wildman–Crippen LogP) is 11.7. The zero-order chi connectivity index (χ0) is 30.2. The summed E-state index contributed by atoms with van der Waals surface area (Å²) in [5.41, 5.74) is 13.9. The first-order valence-corrected chi connectivity index (χ1v) is 15.8. The van der Waals surface area contributed by atoms with E-state index in [1.165, 1.54) is 66.1 Å². The molecule has 46 heavy (non-hydrogen) atoms. The Hall–Kier alpha value is -6.12. The Morgan fingerprint density at radius 2 is 1.02 bits per heavy atom. The lowest BCUT2D eigenvalue weighted by atomic mass is 9.82. The summed E-state index contributed by atoms with van der Waals surface area (Å²) in [6.45, 7) is 0. The van der Waals surface area contributed by atoms with Gasteiger partial charge in [-0.15, -0.1) is 0 Å². The third-order valence-corrected chi connectivity index (χ3v) is 9.62. The van der Waals surface area contributed by atoms with Crippen molar-refractivity contribution in [1.82, 2.24) is 9.97 Å². The van der Waals surface area contributed by atoms with Crippen LogP contribution in [0.25, 0.3) is 99.1 Å². The lowest BCUT2D eigenvalue weighted by Gasteiger charge is -2.21. The van der Waals surface area contributed by atoms with Crippen molar-refractivity contribution in [1.29, 1.82) is 0 Å². The number of hydrogen-bond acceptors (Lipinski definition) is 2. The van der Waals surface area contributed by atoms with Crippen molar-refractivity contribution in [2.24, 2.45) is 0 Å². The van der Waals surface area contributed by atoms with Crippen LogP contribution >= 0.6 is 0 Å². The van der Waals surface area contributed by atoms with E-state index in [-0.39, 0.29) is 0 Å². The predicted molar refractivity (Wildman–Crippen MR) is 193 cm³/mol. The molecule has 10 rings (SSSR count). The van der Waals surface area contributed by atoms with Crippen LogP contribution in [0.2, 0.25) is 0 Å². The molecule has 2 heteroatoms. The fraction of sp³-hybridized carbons (Fsp3) is 0. The summed E-state index contributed by atoms with van der Waals surface area (Å²) < 4.78 is 0. The highest BCUT2D eigenvalue weighted by atomic mass is 14.8. The molecule has 2 heterocycles. The Labute approximate surface area is 266 Å². The van der Waals surface area contributed by atoms with Crippen molar-refractivity contribution < 1.29 is 0 Å². The van der Waals surface area contributed by atoms with Crippen molar-refractivity contribution in [3.63, 3.8) is 0 Å². The number of aromatic nitrogens is 2. The van der Waals surface area contributed by atoms with Gasteiger partial charge in [-0.1, -0.05) is 133 Å². The molecular weight excluding hydrogens is 556 g/mol. The highest BCUT2D eigenvalue weighted by Crippen LogP contribution is 2.57. The van der Waals surface area contributed by atoms with Gasteiger partial charge in [-0.05, 0) is 84.3 Å². The van der Waals surface area contributed by atoms with Crippen LogP contribution in [0, 0.1) is 0 Å². The summed E-state index contributed by atoms with van der Waals surface area (Å²) in [5, 5.41) is 7.24. The molecule has 0 fully saturated rings. The van der Waals surface area contributed by atoms with Crippen molar-refractivity contribution in [2.45, 2.75) is 0 Å². The Kier molecular flexibility index (Phi) is 5.31. The number of pyridine rings is 2. The normalized spacial score (nSPS) is 11.9. The first kappa shape index (κ1) is 25.2. The molecule has 0 aliphatic heterocycles. The van der Waals surface area contributed by atoms with Gasteiger partial charge in [0.1, 0.15) is 0 Å². The quantitative estimate of drug-likeness (QED) is 0.194. The van der Waals surface area contributed by atoms with Crippen LogP contribution < -0.4 is 0 Å². The van der Waals surface area contributed by atoms with E-state index in [1.807, 2.05) is 12.3 Å². The maximum absolute atomic E-state index is 5.42. The molecule has 0 spiro atoms. The number of nitrogens with zero attached hydrogens (tertiary/aromatic N) is 2. The second-order valence-electron chi connectivity index (χ2n) is 12.1. The molecule has 9 aromatic rings. The Bertz CT molecular complexity index is 2680. The van der Waals surface area contributed by atoms with Crippen molar-refractivity contribution in [3.8, 4) is 55.8 Å². The van der Waals surface area contributed by atoms with Crippen LogP contribution in [-0.2, 0) is 0 Å². The second-order valence-corrected chi connectivity index (χ2v) is 12.1. The average molecular weight is 583 g/mol. The molecule has 0 N–H and O–H groups in total. The largest absolute Gasteiger partial charge is 0.254 e. The lowest BCUT2D eigenvalue weighted by Crippen LogP contribution is -1.97. The SMILES string of the molecule is c1ccc(-c2c(-c3ccc4ccc5cccnc5c4n3)cc(-c3cccc4ccccc34)c3c2-c2cccc4cccc-3c24)cc1. The number of hydrogen-bond donors (Lipinski definition) is 0. The molecule has 0 saturated carbocycles. The van der Waals surface area contributed by atoms with Crippen molar-refractivity contribution in [2.75, 3.05) is 0 Å². The van der Waals surface area contributed by atoms with Gasteiger partial charge < -0.3 is 0 Å². The summed E-state index contributed by atoms with van der Waals surface area (Å²) in [6, 6.07) is 54.8. The molecule has 0 radical (unpaired) electrons. The lowest BCUT2D eigenvalue weighted by molar-refractivity contribution is 1.37. The minimum atomic E-state index is 0.923. The Morgan fingerprint density at radius 3 is 1.87 bits per heavy atom. The van der Waals surface area contributed by atoms with Gasteiger partial charge in [-0.2, -0.15) is 0 Å². The highest BCUT2D eigenvalue weighted by molar-refractivity contribution is 6.23. The fourth-order valence-electron chi connectivity index (χ4n) is 7.64. The summed E-state index contributed by atoms with van der Waals surface area (Å²) in [5.74, 6) is 0. The molecule has 1 aliphatic rings. The number of fused-ring (bicyclic) bond motifs is 7. The molecular formula is C44H26N2. The molecule has 0 bridgehead atoms. The molecule has 2 nitrogen and oxygen atoms in total. The average Bonchev–Trinajstić information content (AvgIpc) is 3.46. The first-order valence-electron chi connectivity index (χ1n) is 15.8. The molecule has 7 aromatic carbocycles. The zero-order valence-corrected chi connectivity index (χ0v) is 24.9.